The largest absolute Gasteiger partial charge is 0.441 e. The van der Waals surface area contributed by atoms with Crippen molar-refractivity contribution in [1.29, 1.82) is 0 Å². The van der Waals surface area contributed by atoms with Crippen LogP contribution in [0.15, 0.2) is 22.6 Å². The van der Waals surface area contributed by atoms with Crippen LogP contribution in [0.25, 0.3) is 11.1 Å². The van der Waals surface area contributed by atoms with Crippen LogP contribution < -0.4 is 11.1 Å². The van der Waals surface area contributed by atoms with Gasteiger partial charge in [-0.1, -0.05) is 0 Å². The van der Waals surface area contributed by atoms with Crippen molar-refractivity contribution in [2.24, 2.45) is 11.7 Å². The van der Waals surface area contributed by atoms with Gasteiger partial charge in [0.1, 0.15) is 5.52 Å². The first-order chi connectivity index (χ1) is 9.11. The average Bonchev–Trinajstić information content (AvgIpc) is 2.93. The maximum Gasteiger partial charge on any atom is 0.227 e. The lowest BCUT2D eigenvalue weighted by Gasteiger charge is -2.10. The average molecular weight is 332 g/mol. The van der Waals surface area contributed by atoms with Crippen LogP contribution in [-0.4, -0.2) is 16.9 Å². The van der Waals surface area contributed by atoms with E-state index in [4.69, 9.17) is 10.2 Å². The molecule has 1 aliphatic rings. The fourth-order valence-electron chi connectivity index (χ4n) is 2.62. The van der Waals surface area contributed by atoms with Gasteiger partial charge in [-0.05, 0) is 37.5 Å². The number of nitrogens with two attached hydrogens (primary N) is 1. The summed E-state index contributed by atoms with van der Waals surface area (Å²) in [6.45, 7) is 1.80. The van der Waals surface area contributed by atoms with Crippen LogP contribution in [0.1, 0.15) is 25.2 Å². The number of fused-ring (bicyclic) bond motifs is 1. The molecule has 1 heterocycles. The minimum absolute atomic E-state index is 0. The number of aromatic nitrogens is 1. The summed E-state index contributed by atoms with van der Waals surface area (Å²) in [4.78, 5) is 16.3. The number of halogens is 2. The van der Waals surface area contributed by atoms with Crippen LogP contribution in [0.3, 0.4) is 0 Å². The Morgan fingerprint density at radius 1 is 1.38 bits per heavy atom. The molecule has 1 aromatic heterocycles. The van der Waals surface area contributed by atoms with Crippen LogP contribution in [0.4, 0.5) is 5.69 Å². The molecule has 0 saturated heterocycles. The minimum Gasteiger partial charge on any atom is -0.441 e. The maximum atomic E-state index is 12.1. The molecule has 0 spiro atoms. The fourth-order valence-corrected chi connectivity index (χ4v) is 2.62. The maximum absolute atomic E-state index is 12.1. The van der Waals surface area contributed by atoms with Gasteiger partial charge in [-0.25, -0.2) is 4.98 Å². The highest BCUT2D eigenvalue weighted by Gasteiger charge is 2.27. The van der Waals surface area contributed by atoms with Gasteiger partial charge in [0.25, 0.3) is 0 Å². The van der Waals surface area contributed by atoms with Crippen molar-refractivity contribution in [3.05, 3.63) is 24.1 Å². The smallest absolute Gasteiger partial charge is 0.227 e. The standard InChI is InChI=1S/C14H17N3O2.2ClH/c1-8-16-12-7-11(4-5-13(12)19-8)17-14(18)9-2-3-10(15)6-9;;/h4-5,7,9-10H,2-3,6,15H2,1H3,(H,17,18);2*1H. The second kappa shape index (κ2) is 7.11. The first kappa shape index (κ1) is 17.8. The van der Waals surface area contributed by atoms with Crippen LogP contribution in [0, 0.1) is 12.8 Å². The molecule has 1 aliphatic carbocycles. The van der Waals surface area contributed by atoms with Crippen LogP contribution in [-0.2, 0) is 4.79 Å². The highest BCUT2D eigenvalue weighted by molar-refractivity contribution is 5.94. The Labute approximate surface area is 135 Å². The van der Waals surface area contributed by atoms with Gasteiger partial charge in [-0.2, -0.15) is 0 Å². The van der Waals surface area contributed by atoms with Crippen molar-refractivity contribution < 1.29 is 9.21 Å². The Hall–Kier alpha value is -1.30. The molecule has 2 atom stereocenters. The van der Waals surface area contributed by atoms with Gasteiger partial charge in [0.2, 0.25) is 5.91 Å². The van der Waals surface area contributed by atoms with E-state index in [0.717, 1.165) is 36.0 Å². The third-order valence-corrected chi connectivity index (χ3v) is 3.61. The van der Waals surface area contributed by atoms with E-state index < -0.39 is 0 Å². The lowest BCUT2D eigenvalue weighted by molar-refractivity contribution is -0.119. The zero-order valence-corrected chi connectivity index (χ0v) is 13.3. The highest BCUT2D eigenvalue weighted by atomic mass is 35.5. The van der Waals surface area contributed by atoms with Gasteiger partial charge in [-0.3, -0.25) is 4.79 Å². The van der Waals surface area contributed by atoms with Crippen molar-refractivity contribution in [2.75, 3.05) is 5.32 Å². The second-order valence-corrected chi connectivity index (χ2v) is 5.17. The Kier molecular flexibility index (Phi) is 6.01. The molecule has 1 saturated carbocycles. The number of rotatable bonds is 2. The summed E-state index contributed by atoms with van der Waals surface area (Å²) in [5.41, 5.74) is 8.08. The Bertz CT molecular complexity index is 630. The molecule has 5 nitrogen and oxygen atoms in total. The number of hydrogen-bond acceptors (Lipinski definition) is 4. The van der Waals surface area contributed by atoms with E-state index in [1.807, 2.05) is 18.2 Å². The molecule has 1 amide bonds. The molecule has 2 unspecified atom stereocenters. The van der Waals surface area contributed by atoms with E-state index in [2.05, 4.69) is 10.3 Å². The third kappa shape index (κ3) is 3.87. The zero-order chi connectivity index (χ0) is 13.4. The number of amides is 1. The van der Waals surface area contributed by atoms with E-state index >= 15 is 0 Å². The van der Waals surface area contributed by atoms with E-state index in [9.17, 15) is 4.79 Å². The molecule has 2 aromatic rings. The van der Waals surface area contributed by atoms with Gasteiger partial charge in [0.15, 0.2) is 11.5 Å². The summed E-state index contributed by atoms with van der Waals surface area (Å²) >= 11 is 0. The van der Waals surface area contributed by atoms with Crippen molar-refractivity contribution in [2.45, 2.75) is 32.2 Å². The minimum atomic E-state index is 0. The number of anilines is 1. The van der Waals surface area contributed by atoms with E-state index in [0.29, 0.717) is 5.89 Å². The van der Waals surface area contributed by atoms with Crippen molar-refractivity contribution in [1.82, 2.24) is 4.98 Å². The van der Waals surface area contributed by atoms with Crippen molar-refractivity contribution >= 4 is 47.5 Å². The van der Waals surface area contributed by atoms with Gasteiger partial charge in [-0.15, -0.1) is 24.8 Å². The third-order valence-electron chi connectivity index (χ3n) is 3.61. The fraction of sp³-hybridized carbons (Fsp3) is 0.429. The van der Waals surface area contributed by atoms with Crippen LogP contribution in [0.2, 0.25) is 0 Å². The number of hydrogen-bond donors (Lipinski definition) is 2. The van der Waals surface area contributed by atoms with E-state index in [1.165, 1.54) is 0 Å². The second-order valence-electron chi connectivity index (χ2n) is 5.17. The first-order valence-electron chi connectivity index (χ1n) is 6.55. The number of aryl methyl sites for hydroxylation is 1. The van der Waals surface area contributed by atoms with Gasteiger partial charge in [0.05, 0.1) is 0 Å². The molecule has 3 rings (SSSR count). The molecular formula is C14H19Cl2N3O2. The number of oxazole rings is 1. The van der Waals surface area contributed by atoms with Crippen molar-refractivity contribution in [3.8, 4) is 0 Å². The number of benzene rings is 1. The van der Waals surface area contributed by atoms with Crippen molar-refractivity contribution in [3.63, 3.8) is 0 Å². The Balaban J connectivity index is 0.00000110. The predicted molar refractivity (Wildman–Crippen MR) is 87.2 cm³/mol. The number of nitrogens with zero attached hydrogens (tertiary/aromatic N) is 1. The molecule has 0 aliphatic heterocycles. The summed E-state index contributed by atoms with van der Waals surface area (Å²) in [5.74, 6) is 0.706. The zero-order valence-electron chi connectivity index (χ0n) is 11.7. The van der Waals surface area contributed by atoms with E-state index in [1.54, 1.807) is 6.92 Å². The summed E-state index contributed by atoms with van der Waals surface area (Å²) in [5, 5.41) is 2.93. The lowest BCUT2D eigenvalue weighted by Crippen LogP contribution is -2.23. The van der Waals surface area contributed by atoms with Gasteiger partial charge in [0, 0.05) is 24.6 Å². The van der Waals surface area contributed by atoms with Gasteiger partial charge < -0.3 is 15.5 Å². The summed E-state index contributed by atoms with van der Waals surface area (Å²) in [7, 11) is 0. The highest BCUT2D eigenvalue weighted by Crippen LogP contribution is 2.26. The van der Waals surface area contributed by atoms with E-state index in [-0.39, 0.29) is 42.7 Å². The number of carbonyl (C=O) groups is 1. The normalized spacial score (nSPS) is 20.7. The summed E-state index contributed by atoms with van der Waals surface area (Å²) in [6, 6.07) is 5.65. The summed E-state index contributed by atoms with van der Waals surface area (Å²) < 4.78 is 5.40. The molecule has 7 heteroatoms. The molecular weight excluding hydrogens is 313 g/mol. The topological polar surface area (TPSA) is 81.2 Å². The molecule has 1 fully saturated rings. The molecule has 0 bridgehead atoms. The SMILES string of the molecule is Cc1nc2cc(NC(=O)C3CCC(N)C3)ccc2o1.Cl.Cl. The molecule has 116 valence electrons. The Morgan fingerprint density at radius 3 is 2.81 bits per heavy atom. The number of nitrogens with one attached hydrogen (secondary N) is 1. The molecule has 0 radical (unpaired) electrons. The molecule has 1 aromatic carbocycles. The van der Waals surface area contributed by atoms with Gasteiger partial charge >= 0.3 is 0 Å². The monoisotopic (exact) mass is 331 g/mol. The quantitative estimate of drug-likeness (QED) is 0.886. The number of carbonyl (C=O) groups excluding carboxylic acids is 1. The lowest BCUT2D eigenvalue weighted by atomic mass is 10.1. The van der Waals surface area contributed by atoms with Crippen LogP contribution in [0.5, 0.6) is 0 Å². The molecule has 3 N–H and O–H groups in total. The van der Waals surface area contributed by atoms with Crippen LogP contribution >= 0.6 is 24.8 Å². The summed E-state index contributed by atoms with van der Waals surface area (Å²) in [6.07, 6.45) is 2.58. The molecule has 21 heavy (non-hydrogen) atoms. The predicted octanol–water partition coefficient (Wildman–Crippen LogP) is 3.05. The Morgan fingerprint density at radius 2 is 2.14 bits per heavy atom. The first-order valence-corrected chi connectivity index (χ1v) is 6.55.